The quantitative estimate of drug-likeness (QED) is 0.926. The Hall–Kier alpha value is -2.35. The number of carbonyl (C=O) groups excluding carboxylic acids is 2. The van der Waals surface area contributed by atoms with Crippen molar-refractivity contribution in [3.8, 4) is 6.07 Å². The largest absolute Gasteiger partial charge is 0.300 e. The first-order chi connectivity index (χ1) is 10.4. The van der Waals surface area contributed by atoms with Crippen molar-refractivity contribution in [2.75, 3.05) is 11.6 Å². The normalized spacial score (nSPS) is 24.5. The molecule has 0 spiro atoms. The van der Waals surface area contributed by atoms with Crippen molar-refractivity contribution in [3.63, 3.8) is 0 Å². The Morgan fingerprint density at radius 2 is 2.27 bits per heavy atom. The van der Waals surface area contributed by atoms with E-state index in [1.807, 2.05) is 19.9 Å². The van der Waals surface area contributed by atoms with E-state index in [0.717, 1.165) is 5.69 Å². The molecule has 2 rings (SSSR count). The number of hydrogen-bond acceptors (Lipinski definition) is 4. The van der Waals surface area contributed by atoms with Crippen LogP contribution in [0.3, 0.4) is 0 Å². The van der Waals surface area contributed by atoms with Crippen LogP contribution in [0.25, 0.3) is 0 Å². The van der Waals surface area contributed by atoms with Gasteiger partial charge in [-0.3, -0.25) is 15.2 Å². The van der Waals surface area contributed by atoms with Crippen LogP contribution in [0.5, 0.6) is 0 Å². The highest BCUT2D eigenvalue weighted by atomic mass is 16.2. The molecule has 1 saturated heterocycles. The summed E-state index contributed by atoms with van der Waals surface area (Å²) in [6.45, 7) is 6.14. The maximum atomic E-state index is 12.5. The zero-order valence-corrected chi connectivity index (χ0v) is 13.2. The second-order valence-corrected chi connectivity index (χ2v) is 6.23. The molecule has 1 amide bonds. The Morgan fingerprint density at radius 1 is 1.55 bits per heavy atom. The Balaban J connectivity index is 2.17. The molecular formula is C17H21N3O2. The van der Waals surface area contributed by atoms with Crippen molar-refractivity contribution < 1.29 is 9.59 Å². The third-order valence-electron chi connectivity index (χ3n) is 4.58. The van der Waals surface area contributed by atoms with Gasteiger partial charge in [0.15, 0.2) is 0 Å². The number of ketones is 1. The second-order valence-electron chi connectivity index (χ2n) is 6.23. The standard InChI is InChI=1S/C17H21N3O2/c1-12-11-20(15-6-4-5-14(9-15)10-18)19-16(22)17(12,3)8-7-13(2)21/h4-6,9,12H,7-8,11H2,1-3H3,(H,19,22). The first-order valence-electron chi connectivity index (χ1n) is 7.45. The molecule has 5 heteroatoms. The molecule has 1 aromatic rings. The molecule has 1 heterocycles. The Kier molecular flexibility index (Phi) is 4.51. The fraction of sp³-hybridized carbons (Fsp3) is 0.471. The van der Waals surface area contributed by atoms with Crippen molar-refractivity contribution in [1.82, 2.24) is 5.43 Å². The van der Waals surface area contributed by atoms with Crippen LogP contribution in [-0.4, -0.2) is 18.2 Å². The van der Waals surface area contributed by atoms with Crippen LogP contribution < -0.4 is 10.4 Å². The molecule has 2 atom stereocenters. The lowest BCUT2D eigenvalue weighted by atomic mass is 9.72. The van der Waals surface area contributed by atoms with Gasteiger partial charge in [0.05, 0.1) is 22.7 Å². The van der Waals surface area contributed by atoms with Crippen molar-refractivity contribution in [2.24, 2.45) is 11.3 Å². The molecule has 0 radical (unpaired) electrons. The zero-order chi connectivity index (χ0) is 16.3. The number of hydrazine groups is 1. The average Bonchev–Trinajstić information content (AvgIpc) is 2.50. The minimum Gasteiger partial charge on any atom is -0.300 e. The molecular weight excluding hydrogens is 278 g/mol. The number of nitrogens with one attached hydrogen (secondary N) is 1. The lowest BCUT2D eigenvalue weighted by molar-refractivity contribution is -0.136. The van der Waals surface area contributed by atoms with Crippen LogP contribution in [0, 0.1) is 22.7 Å². The lowest BCUT2D eigenvalue weighted by Gasteiger charge is -2.44. The fourth-order valence-corrected chi connectivity index (χ4v) is 2.70. The van der Waals surface area contributed by atoms with Gasteiger partial charge in [-0.1, -0.05) is 19.9 Å². The Morgan fingerprint density at radius 3 is 2.86 bits per heavy atom. The molecule has 116 valence electrons. The van der Waals surface area contributed by atoms with Gasteiger partial charge in [-0.15, -0.1) is 0 Å². The van der Waals surface area contributed by atoms with Gasteiger partial charge in [0.25, 0.3) is 0 Å². The van der Waals surface area contributed by atoms with E-state index in [9.17, 15) is 9.59 Å². The Labute approximate surface area is 130 Å². The van der Waals surface area contributed by atoms with E-state index in [0.29, 0.717) is 24.9 Å². The number of rotatable bonds is 4. The summed E-state index contributed by atoms with van der Waals surface area (Å²) in [4.78, 5) is 23.8. The molecule has 22 heavy (non-hydrogen) atoms. The average molecular weight is 299 g/mol. The van der Waals surface area contributed by atoms with E-state index < -0.39 is 5.41 Å². The lowest BCUT2D eigenvalue weighted by Crippen LogP contribution is -2.59. The number of nitriles is 1. The van der Waals surface area contributed by atoms with E-state index >= 15 is 0 Å². The highest BCUT2D eigenvalue weighted by molar-refractivity contribution is 5.86. The Bertz CT molecular complexity index is 635. The molecule has 0 aliphatic carbocycles. The van der Waals surface area contributed by atoms with Crippen LogP contribution in [0.2, 0.25) is 0 Å². The third-order valence-corrected chi connectivity index (χ3v) is 4.58. The first kappa shape index (κ1) is 16.0. The summed E-state index contributed by atoms with van der Waals surface area (Å²) in [5.41, 5.74) is 3.71. The van der Waals surface area contributed by atoms with Crippen molar-refractivity contribution in [1.29, 1.82) is 5.26 Å². The number of anilines is 1. The summed E-state index contributed by atoms with van der Waals surface area (Å²) < 4.78 is 0. The molecule has 1 aromatic carbocycles. The van der Waals surface area contributed by atoms with Gasteiger partial charge in [-0.05, 0) is 37.5 Å². The predicted molar refractivity (Wildman–Crippen MR) is 83.8 cm³/mol. The number of hydrogen-bond donors (Lipinski definition) is 1. The summed E-state index contributed by atoms with van der Waals surface area (Å²) in [5, 5.41) is 10.8. The third kappa shape index (κ3) is 3.11. The molecule has 2 unspecified atom stereocenters. The van der Waals surface area contributed by atoms with Gasteiger partial charge in [0.1, 0.15) is 5.78 Å². The van der Waals surface area contributed by atoms with Gasteiger partial charge in [-0.2, -0.15) is 5.26 Å². The minimum atomic E-state index is -0.547. The SMILES string of the molecule is CC(=O)CCC1(C)C(=O)NN(c2cccc(C#N)c2)CC1C. The number of benzene rings is 1. The summed E-state index contributed by atoms with van der Waals surface area (Å²) in [6.07, 6.45) is 0.972. The molecule has 5 nitrogen and oxygen atoms in total. The predicted octanol–water partition coefficient (Wildman–Crippen LogP) is 2.42. The number of Topliss-reactive ketones (excluding diaryl/α,β-unsaturated/α-hetero) is 1. The van der Waals surface area contributed by atoms with E-state index in [1.54, 1.807) is 30.1 Å². The second kappa shape index (κ2) is 6.18. The molecule has 1 fully saturated rings. The summed E-state index contributed by atoms with van der Waals surface area (Å²) in [5.74, 6) is 0.131. The minimum absolute atomic E-state index is 0.0742. The molecule has 0 aromatic heterocycles. The topological polar surface area (TPSA) is 73.2 Å². The van der Waals surface area contributed by atoms with Gasteiger partial charge >= 0.3 is 0 Å². The maximum Gasteiger partial charge on any atom is 0.244 e. The highest BCUT2D eigenvalue weighted by Crippen LogP contribution is 2.37. The van der Waals surface area contributed by atoms with E-state index in [4.69, 9.17) is 5.26 Å². The molecule has 0 saturated carbocycles. The first-order valence-corrected chi connectivity index (χ1v) is 7.45. The van der Waals surface area contributed by atoms with E-state index in [-0.39, 0.29) is 17.6 Å². The summed E-state index contributed by atoms with van der Waals surface area (Å²) >= 11 is 0. The summed E-state index contributed by atoms with van der Waals surface area (Å²) in [7, 11) is 0. The smallest absolute Gasteiger partial charge is 0.244 e. The monoisotopic (exact) mass is 299 g/mol. The van der Waals surface area contributed by atoms with Gasteiger partial charge in [-0.25, -0.2) is 0 Å². The molecule has 1 aliphatic rings. The number of nitrogens with zero attached hydrogens (tertiary/aromatic N) is 2. The van der Waals surface area contributed by atoms with Crippen LogP contribution >= 0.6 is 0 Å². The van der Waals surface area contributed by atoms with Crippen molar-refractivity contribution >= 4 is 17.4 Å². The summed E-state index contributed by atoms with van der Waals surface area (Å²) in [6, 6.07) is 9.26. The van der Waals surface area contributed by atoms with Gasteiger partial charge in [0, 0.05) is 13.0 Å². The molecule has 1 aliphatic heterocycles. The number of amides is 1. The highest BCUT2D eigenvalue weighted by Gasteiger charge is 2.43. The van der Waals surface area contributed by atoms with Crippen LogP contribution in [-0.2, 0) is 9.59 Å². The zero-order valence-electron chi connectivity index (χ0n) is 13.2. The van der Waals surface area contributed by atoms with Crippen molar-refractivity contribution in [2.45, 2.75) is 33.6 Å². The molecule has 0 bridgehead atoms. The van der Waals surface area contributed by atoms with Crippen LogP contribution in [0.1, 0.15) is 39.2 Å². The fourth-order valence-electron chi connectivity index (χ4n) is 2.70. The van der Waals surface area contributed by atoms with E-state index in [2.05, 4.69) is 11.5 Å². The van der Waals surface area contributed by atoms with Crippen molar-refractivity contribution in [3.05, 3.63) is 29.8 Å². The van der Waals surface area contributed by atoms with E-state index in [1.165, 1.54) is 0 Å². The number of carbonyl (C=O) groups is 2. The maximum absolute atomic E-state index is 12.5. The van der Waals surface area contributed by atoms with Crippen LogP contribution in [0.4, 0.5) is 5.69 Å². The van der Waals surface area contributed by atoms with Gasteiger partial charge < -0.3 is 4.79 Å². The molecule has 1 N–H and O–H groups in total. The van der Waals surface area contributed by atoms with Gasteiger partial charge in [0.2, 0.25) is 5.91 Å². The van der Waals surface area contributed by atoms with Crippen LogP contribution in [0.15, 0.2) is 24.3 Å².